The van der Waals surface area contributed by atoms with Crippen LogP contribution in [0.5, 0.6) is 5.75 Å². The van der Waals surface area contributed by atoms with Gasteiger partial charge in [-0.2, -0.15) is 18.4 Å². The molecule has 27 heavy (non-hydrogen) atoms. The number of rotatable bonds is 1. The van der Waals surface area contributed by atoms with Crippen LogP contribution in [-0.4, -0.2) is 0 Å². The Balaban J connectivity index is 2.05. The highest BCUT2D eigenvalue weighted by Gasteiger charge is 2.39. The molecule has 1 heterocycles. The quantitative estimate of drug-likeness (QED) is 0.654. The van der Waals surface area contributed by atoms with E-state index in [1.807, 2.05) is 30.3 Å². The van der Waals surface area contributed by atoms with Crippen molar-refractivity contribution in [2.75, 3.05) is 0 Å². The van der Waals surface area contributed by atoms with Gasteiger partial charge in [-0.15, -0.1) is 0 Å². The number of halogens is 3. The predicted octanol–water partition coefficient (Wildman–Crippen LogP) is 5.08. The van der Waals surface area contributed by atoms with Crippen molar-refractivity contribution in [1.82, 2.24) is 0 Å². The molecular formula is C21H13F3N2O. The zero-order valence-corrected chi connectivity index (χ0v) is 13.9. The van der Waals surface area contributed by atoms with E-state index in [4.69, 9.17) is 10.5 Å². The lowest BCUT2D eigenvalue weighted by molar-refractivity contribution is -0.138. The molecule has 0 aromatic heterocycles. The van der Waals surface area contributed by atoms with E-state index in [1.54, 1.807) is 12.1 Å². The van der Waals surface area contributed by atoms with Crippen LogP contribution >= 0.6 is 0 Å². The summed E-state index contributed by atoms with van der Waals surface area (Å²) in [5.41, 5.74) is 5.57. The standard InChI is InChI=1S/C21H13F3N2O/c22-21(23,24)17-8-4-3-7-14(17)18-15-10-9-12-5-1-2-6-13(12)19(15)27-20(26)16(18)11-25/h1-10,18H,26H2. The first-order valence-electron chi connectivity index (χ1n) is 8.17. The number of nitrogens with two attached hydrogens (primary N) is 1. The predicted molar refractivity (Wildman–Crippen MR) is 94.7 cm³/mol. The van der Waals surface area contributed by atoms with Crippen LogP contribution in [0.25, 0.3) is 10.8 Å². The molecule has 0 amide bonds. The Morgan fingerprint density at radius 1 is 0.926 bits per heavy atom. The molecule has 0 bridgehead atoms. The number of fused-ring (bicyclic) bond motifs is 3. The lowest BCUT2D eigenvalue weighted by Gasteiger charge is -2.29. The van der Waals surface area contributed by atoms with E-state index in [0.717, 1.165) is 16.8 Å². The van der Waals surface area contributed by atoms with Crippen molar-refractivity contribution in [2.45, 2.75) is 12.1 Å². The Morgan fingerprint density at radius 2 is 1.63 bits per heavy atom. The minimum absolute atomic E-state index is 0.0238. The summed E-state index contributed by atoms with van der Waals surface area (Å²) in [4.78, 5) is 0. The summed E-state index contributed by atoms with van der Waals surface area (Å²) < 4.78 is 46.5. The molecule has 2 N–H and O–H groups in total. The van der Waals surface area contributed by atoms with Crippen molar-refractivity contribution in [2.24, 2.45) is 5.73 Å². The minimum atomic E-state index is -4.55. The summed E-state index contributed by atoms with van der Waals surface area (Å²) in [6, 6.07) is 18.0. The highest BCUT2D eigenvalue weighted by atomic mass is 19.4. The maximum absolute atomic E-state index is 13.6. The summed E-state index contributed by atoms with van der Waals surface area (Å²) in [6.07, 6.45) is -4.55. The lowest BCUT2D eigenvalue weighted by Crippen LogP contribution is -2.23. The van der Waals surface area contributed by atoms with Gasteiger partial charge in [-0.3, -0.25) is 0 Å². The Morgan fingerprint density at radius 3 is 2.37 bits per heavy atom. The van der Waals surface area contributed by atoms with Crippen LogP contribution in [0.3, 0.4) is 0 Å². The topological polar surface area (TPSA) is 59.0 Å². The molecule has 3 aromatic carbocycles. The molecule has 1 aliphatic heterocycles. The van der Waals surface area contributed by atoms with Gasteiger partial charge in [0.1, 0.15) is 17.4 Å². The molecular weight excluding hydrogens is 353 g/mol. The van der Waals surface area contributed by atoms with Crippen LogP contribution in [0.4, 0.5) is 13.2 Å². The first kappa shape index (κ1) is 17.0. The van der Waals surface area contributed by atoms with Gasteiger partial charge in [0.05, 0.1) is 11.5 Å². The fourth-order valence-corrected chi connectivity index (χ4v) is 3.51. The number of benzene rings is 3. The van der Waals surface area contributed by atoms with Crippen molar-refractivity contribution in [1.29, 1.82) is 5.26 Å². The van der Waals surface area contributed by atoms with Gasteiger partial charge in [0.2, 0.25) is 5.88 Å². The van der Waals surface area contributed by atoms with E-state index in [-0.39, 0.29) is 17.0 Å². The molecule has 0 fully saturated rings. The van der Waals surface area contributed by atoms with Gasteiger partial charge in [0, 0.05) is 10.9 Å². The molecule has 3 nitrogen and oxygen atoms in total. The summed E-state index contributed by atoms with van der Waals surface area (Å²) >= 11 is 0. The molecule has 1 unspecified atom stereocenters. The zero-order chi connectivity index (χ0) is 19.2. The van der Waals surface area contributed by atoms with Crippen molar-refractivity contribution >= 4 is 10.8 Å². The highest BCUT2D eigenvalue weighted by molar-refractivity contribution is 5.91. The zero-order valence-electron chi connectivity index (χ0n) is 13.9. The van der Waals surface area contributed by atoms with Gasteiger partial charge < -0.3 is 10.5 Å². The Hall–Kier alpha value is -3.46. The Bertz CT molecular complexity index is 1130. The average molecular weight is 366 g/mol. The molecule has 4 rings (SSSR count). The monoisotopic (exact) mass is 366 g/mol. The van der Waals surface area contributed by atoms with E-state index in [1.165, 1.54) is 18.2 Å². The first-order valence-corrected chi connectivity index (χ1v) is 8.17. The van der Waals surface area contributed by atoms with Gasteiger partial charge in [-0.1, -0.05) is 54.6 Å². The fourth-order valence-electron chi connectivity index (χ4n) is 3.51. The minimum Gasteiger partial charge on any atom is -0.440 e. The van der Waals surface area contributed by atoms with Crippen molar-refractivity contribution < 1.29 is 17.9 Å². The van der Waals surface area contributed by atoms with E-state index >= 15 is 0 Å². The number of nitriles is 1. The fraction of sp³-hybridized carbons (Fsp3) is 0.0952. The summed E-state index contributed by atoms with van der Waals surface area (Å²) in [7, 11) is 0. The highest BCUT2D eigenvalue weighted by Crippen LogP contribution is 2.48. The lowest BCUT2D eigenvalue weighted by atomic mass is 9.80. The third-order valence-electron chi connectivity index (χ3n) is 4.68. The average Bonchev–Trinajstić information content (AvgIpc) is 2.66. The van der Waals surface area contributed by atoms with E-state index < -0.39 is 17.7 Å². The number of ether oxygens (including phenoxy) is 1. The Kier molecular flexibility index (Phi) is 3.81. The van der Waals surface area contributed by atoms with Crippen LogP contribution in [0.15, 0.2) is 72.1 Å². The van der Waals surface area contributed by atoms with Crippen molar-refractivity contribution in [3.05, 3.63) is 88.8 Å². The maximum atomic E-state index is 13.6. The van der Waals surface area contributed by atoms with Crippen LogP contribution < -0.4 is 10.5 Å². The van der Waals surface area contributed by atoms with Gasteiger partial charge >= 0.3 is 6.18 Å². The van der Waals surface area contributed by atoms with Crippen LogP contribution in [0, 0.1) is 11.3 Å². The second kappa shape index (κ2) is 6.06. The molecule has 134 valence electrons. The maximum Gasteiger partial charge on any atom is 0.416 e. The molecule has 0 saturated heterocycles. The molecule has 6 heteroatoms. The number of alkyl halides is 3. The van der Waals surface area contributed by atoms with E-state index in [0.29, 0.717) is 11.3 Å². The molecule has 1 atom stereocenters. The SMILES string of the molecule is N#CC1=C(N)Oc2c(ccc3ccccc23)C1c1ccccc1C(F)(F)F. The third-order valence-corrected chi connectivity index (χ3v) is 4.68. The van der Waals surface area contributed by atoms with Crippen LogP contribution in [0.1, 0.15) is 22.6 Å². The second-order valence-corrected chi connectivity index (χ2v) is 6.21. The van der Waals surface area contributed by atoms with Crippen LogP contribution in [-0.2, 0) is 6.18 Å². The number of nitrogens with zero attached hydrogens (tertiary/aromatic N) is 1. The van der Waals surface area contributed by atoms with E-state index in [9.17, 15) is 18.4 Å². The van der Waals surface area contributed by atoms with Gasteiger partial charge in [-0.05, 0) is 17.0 Å². The molecule has 0 aliphatic carbocycles. The summed E-state index contributed by atoms with van der Waals surface area (Å²) in [5, 5.41) is 11.2. The normalized spacial score (nSPS) is 16.6. The summed E-state index contributed by atoms with van der Waals surface area (Å²) in [5.74, 6) is -0.754. The van der Waals surface area contributed by atoms with Crippen molar-refractivity contribution in [3.8, 4) is 11.8 Å². The Labute approximate surface area is 153 Å². The van der Waals surface area contributed by atoms with Gasteiger partial charge in [0.25, 0.3) is 0 Å². The van der Waals surface area contributed by atoms with Gasteiger partial charge in [0.15, 0.2) is 0 Å². The number of hydrogen-bond acceptors (Lipinski definition) is 3. The molecule has 0 saturated carbocycles. The number of hydrogen-bond donors (Lipinski definition) is 1. The smallest absolute Gasteiger partial charge is 0.416 e. The molecule has 0 radical (unpaired) electrons. The third kappa shape index (κ3) is 2.68. The van der Waals surface area contributed by atoms with Crippen LogP contribution in [0.2, 0.25) is 0 Å². The van der Waals surface area contributed by atoms with Crippen molar-refractivity contribution in [3.63, 3.8) is 0 Å². The molecule has 3 aromatic rings. The van der Waals surface area contributed by atoms with Gasteiger partial charge in [-0.25, -0.2) is 0 Å². The second-order valence-electron chi connectivity index (χ2n) is 6.21. The molecule has 0 spiro atoms. The van der Waals surface area contributed by atoms with E-state index in [2.05, 4.69) is 0 Å². The largest absolute Gasteiger partial charge is 0.440 e. The first-order chi connectivity index (χ1) is 12.9. The molecule has 1 aliphatic rings. The summed E-state index contributed by atoms with van der Waals surface area (Å²) in [6.45, 7) is 0. The number of allylic oxidation sites excluding steroid dienone is 1.